The highest BCUT2D eigenvalue weighted by Crippen LogP contribution is 2.53. The monoisotopic (exact) mass is 337 g/mol. The van der Waals surface area contributed by atoms with Crippen molar-refractivity contribution in [2.24, 2.45) is 5.41 Å². The molecule has 0 bridgehead atoms. The lowest BCUT2D eigenvalue weighted by Crippen LogP contribution is -2.26. The average Bonchev–Trinajstić information content (AvgIpc) is 3.31. The lowest BCUT2D eigenvalue weighted by atomic mass is 9.73. The summed E-state index contributed by atoms with van der Waals surface area (Å²) in [6, 6.07) is 11.3. The van der Waals surface area contributed by atoms with E-state index in [2.05, 4.69) is 60.7 Å². The van der Waals surface area contributed by atoms with Gasteiger partial charge in [0.15, 0.2) is 0 Å². The van der Waals surface area contributed by atoms with E-state index < -0.39 is 0 Å². The molecule has 0 amide bonds. The highest BCUT2D eigenvalue weighted by Gasteiger charge is 2.48. The molecule has 2 heterocycles. The van der Waals surface area contributed by atoms with Crippen LogP contribution in [0, 0.1) is 19.3 Å². The number of aromatic nitrogens is 2. The van der Waals surface area contributed by atoms with Gasteiger partial charge in [-0.15, -0.1) is 0 Å². The van der Waals surface area contributed by atoms with Crippen molar-refractivity contribution in [3.63, 3.8) is 0 Å². The third-order valence-electron chi connectivity index (χ3n) is 6.73. The molecule has 134 valence electrons. The van der Waals surface area contributed by atoms with E-state index in [4.69, 9.17) is 5.10 Å². The average molecular weight is 338 g/mol. The predicted octanol–water partition coefficient (Wildman–Crippen LogP) is 4.68. The van der Waals surface area contributed by atoms with Gasteiger partial charge < -0.3 is 0 Å². The van der Waals surface area contributed by atoms with E-state index >= 15 is 0 Å². The van der Waals surface area contributed by atoms with Crippen LogP contribution in [-0.4, -0.2) is 27.8 Å². The Bertz CT molecular complexity index is 725. The Labute approximate surface area is 152 Å². The van der Waals surface area contributed by atoms with Gasteiger partial charge in [0.2, 0.25) is 0 Å². The molecule has 1 aliphatic carbocycles. The van der Waals surface area contributed by atoms with Crippen LogP contribution < -0.4 is 0 Å². The molecule has 25 heavy (non-hydrogen) atoms. The first kappa shape index (κ1) is 16.8. The molecule has 1 saturated heterocycles. The Morgan fingerprint density at radius 3 is 2.48 bits per heavy atom. The first-order valence-electron chi connectivity index (χ1n) is 9.93. The molecule has 4 rings (SSSR count). The summed E-state index contributed by atoms with van der Waals surface area (Å²) in [5.74, 6) is 0.693. The molecular weight excluding hydrogens is 306 g/mol. The lowest BCUT2D eigenvalue weighted by molar-refractivity contribution is 0.246. The van der Waals surface area contributed by atoms with Crippen LogP contribution in [0.15, 0.2) is 30.3 Å². The van der Waals surface area contributed by atoms with E-state index in [9.17, 15) is 0 Å². The predicted molar refractivity (Wildman–Crippen MR) is 103 cm³/mol. The van der Waals surface area contributed by atoms with E-state index in [0.29, 0.717) is 11.3 Å². The summed E-state index contributed by atoms with van der Waals surface area (Å²) in [5, 5.41) is 4.73. The molecule has 3 heteroatoms. The highest BCUT2D eigenvalue weighted by atomic mass is 15.3. The first-order valence-corrected chi connectivity index (χ1v) is 9.93. The number of hydrogen-bond donors (Lipinski definition) is 0. The van der Waals surface area contributed by atoms with E-state index in [-0.39, 0.29) is 0 Å². The molecule has 0 unspecified atom stereocenters. The van der Waals surface area contributed by atoms with Crippen molar-refractivity contribution in [1.29, 1.82) is 0 Å². The second-order valence-electron chi connectivity index (χ2n) is 8.17. The minimum atomic E-state index is 0.504. The van der Waals surface area contributed by atoms with Crippen molar-refractivity contribution in [3.05, 3.63) is 52.8 Å². The van der Waals surface area contributed by atoms with E-state index in [1.807, 2.05) is 0 Å². The molecule has 1 aromatic carbocycles. The van der Waals surface area contributed by atoms with Gasteiger partial charge in [-0.2, -0.15) is 5.10 Å². The summed E-state index contributed by atoms with van der Waals surface area (Å²) in [7, 11) is 0. The van der Waals surface area contributed by atoms with Gasteiger partial charge in [-0.25, -0.2) is 0 Å². The van der Waals surface area contributed by atoms with Gasteiger partial charge in [0.1, 0.15) is 0 Å². The van der Waals surface area contributed by atoms with Gasteiger partial charge in [-0.1, -0.05) is 43.2 Å². The SMILES string of the molecule is CCn1nc(C)c(CN2C[C@H](c3ccccc3)C3(CCCC3)C2)c1C. The van der Waals surface area contributed by atoms with E-state index in [1.54, 1.807) is 5.56 Å². The molecular formula is C22H31N3. The van der Waals surface area contributed by atoms with Crippen LogP contribution in [0.1, 0.15) is 61.0 Å². The molecule has 1 spiro atoms. The van der Waals surface area contributed by atoms with Gasteiger partial charge in [0.05, 0.1) is 5.69 Å². The molecule has 1 saturated carbocycles. The fourth-order valence-electron chi connectivity index (χ4n) is 5.42. The molecule has 1 aliphatic heterocycles. The quantitative estimate of drug-likeness (QED) is 0.808. The van der Waals surface area contributed by atoms with Crippen LogP contribution in [0.4, 0.5) is 0 Å². The zero-order chi connectivity index (χ0) is 17.4. The number of nitrogens with zero attached hydrogens (tertiary/aromatic N) is 3. The van der Waals surface area contributed by atoms with Crippen molar-refractivity contribution in [1.82, 2.24) is 14.7 Å². The van der Waals surface area contributed by atoms with Crippen molar-refractivity contribution in [2.75, 3.05) is 13.1 Å². The van der Waals surface area contributed by atoms with Crippen LogP contribution >= 0.6 is 0 Å². The number of rotatable bonds is 4. The fourth-order valence-corrected chi connectivity index (χ4v) is 5.42. The molecule has 0 radical (unpaired) electrons. The summed E-state index contributed by atoms with van der Waals surface area (Å²) in [6.07, 6.45) is 5.61. The number of aryl methyl sites for hydroxylation is 2. The Morgan fingerprint density at radius 1 is 1.12 bits per heavy atom. The van der Waals surface area contributed by atoms with Crippen molar-refractivity contribution >= 4 is 0 Å². The summed E-state index contributed by atoms with van der Waals surface area (Å²) < 4.78 is 2.15. The minimum Gasteiger partial charge on any atom is -0.298 e. The third-order valence-corrected chi connectivity index (χ3v) is 6.73. The molecule has 2 aromatic rings. The van der Waals surface area contributed by atoms with Crippen LogP contribution in [-0.2, 0) is 13.1 Å². The van der Waals surface area contributed by atoms with Gasteiger partial charge in [0.25, 0.3) is 0 Å². The van der Waals surface area contributed by atoms with E-state index in [0.717, 1.165) is 13.1 Å². The van der Waals surface area contributed by atoms with Gasteiger partial charge in [0, 0.05) is 43.4 Å². The molecule has 2 fully saturated rings. The van der Waals surface area contributed by atoms with Crippen molar-refractivity contribution < 1.29 is 0 Å². The second-order valence-corrected chi connectivity index (χ2v) is 8.17. The largest absolute Gasteiger partial charge is 0.298 e. The van der Waals surface area contributed by atoms with Crippen molar-refractivity contribution in [2.45, 2.75) is 65.5 Å². The maximum absolute atomic E-state index is 4.73. The molecule has 0 N–H and O–H groups in total. The zero-order valence-corrected chi connectivity index (χ0v) is 16.0. The Balaban J connectivity index is 1.60. The number of benzene rings is 1. The zero-order valence-electron chi connectivity index (χ0n) is 16.0. The fraction of sp³-hybridized carbons (Fsp3) is 0.591. The molecule has 2 aliphatic rings. The van der Waals surface area contributed by atoms with Gasteiger partial charge in [-0.05, 0) is 44.6 Å². The minimum absolute atomic E-state index is 0.504. The Hall–Kier alpha value is -1.61. The topological polar surface area (TPSA) is 21.1 Å². The highest BCUT2D eigenvalue weighted by molar-refractivity contribution is 5.28. The summed E-state index contributed by atoms with van der Waals surface area (Å²) in [4.78, 5) is 2.71. The van der Waals surface area contributed by atoms with Crippen molar-refractivity contribution in [3.8, 4) is 0 Å². The first-order chi connectivity index (χ1) is 12.1. The second kappa shape index (κ2) is 6.60. The van der Waals surface area contributed by atoms with E-state index in [1.165, 1.54) is 55.7 Å². The van der Waals surface area contributed by atoms with Gasteiger partial charge >= 0.3 is 0 Å². The maximum Gasteiger partial charge on any atom is 0.0641 e. The molecule has 1 aromatic heterocycles. The third kappa shape index (κ3) is 2.93. The van der Waals surface area contributed by atoms with Crippen LogP contribution in [0.3, 0.4) is 0 Å². The smallest absolute Gasteiger partial charge is 0.0641 e. The normalized spacial score (nSPS) is 22.9. The molecule has 1 atom stereocenters. The molecule has 3 nitrogen and oxygen atoms in total. The standard InChI is InChI=1S/C22H31N3/c1-4-25-18(3)20(17(2)23-25)14-24-15-21(19-10-6-5-7-11-19)22(16-24)12-8-9-13-22/h5-7,10-11,21H,4,8-9,12-16H2,1-3H3/t21-/m1/s1. The Morgan fingerprint density at radius 2 is 1.84 bits per heavy atom. The number of likely N-dealkylation sites (tertiary alicyclic amines) is 1. The van der Waals surface area contributed by atoms with Crippen LogP contribution in [0.2, 0.25) is 0 Å². The summed E-state index contributed by atoms with van der Waals surface area (Å²) >= 11 is 0. The summed E-state index contributed by atoms with van der Waals surface area (Å²) in [6.45, 7) is 11.0. The van der Waals surface area contributed by atoms with Gasteiger partial charge in [-0.3, -0.25) is 9.58 Å². The maximum atomic E-state index is 4.73. The van der Waals surface area contributed by atoms with Crippen LogP contribution in [0.5, 0.6) is 0 Å². The number of hydrogen-bond acceptors (Lipinski definition) is 2. The lowest BCUT2D eigenvalue weighted by Gasteiger charge is -2.30. The Kier molecular flexibility index (Phi) is 4.45. The van der Waals surface area contributed by atoms with Crippen LogP contribution in [0.25, 0.3) is 0 Å². The summed E-state index contributed by atoms with van der Waals surface area (Å²) in [5.41, 5.74) is 6.06.